The topological polar surface area (TPSA) is 27.7 Å². The second-order valence-corrected chi connectivity index (χ2v) is 6.29. The van der Waals surface area contributed by atoms with Crippen LogP contribution in [0.5, 0.6) is 0 Å². The Labute approximate surface area is 111 Å². The van der Waals surface area contributed by atoms with Crippen LogP contribution in [0.15, 0.2) is 0 Å². The normalized spacial score (nSPS) is 42.3. The standard InChI is InChI=1S/C14H27N3O/c1-11-6-16-5-3-4-13(16)8-17(11)7-12-9-18-10-14(12)15-2/h11-15H,3-10H2,1-2H3. The van der Waals surface area contributed by atoms with Crippen LogP contribution in [-0.4, -0.2) is 74.4 Å². The maximum atomic E-state index is 5.62. The molecule has 4 unspecified atom stereocenters. The number of nitrogens with zero attached hydrogens (tertiary/aromatic N) is 2. The molecule has 3 rings (SSSR count). The van der Waals surface area contributed by atoms with E-state index < -0.39 is 0 Å². The van der Waals surface area contributed by atoms with Crippen molar-refractivity contribution in [3.05, 3.63) is 0 Å². The molecule has 3 heterocycles. The van der Waals surface area contributed by atoms with Crippen molar-refractivity contribution in [3.63, 3.8) is 0 Å². The van der Waals surface area contributed by atoms with Gasteiger partial charge >= 0.3 is 0 Å². The Morgan fingerprint density at radius 1 is 1.28 bits per heavy atom. The molecule has 3 saturated heterocycles. The quantitative estimate of drug-likeness (QED) is 0.787. The number of piperazine rings is 1. The highest BCUT2D eigenvalue weighted by molar-refractivity contribution is 4.93. The lowest BCUT2D eigenvalue weighted by Crippen LogP contribution is -2.56. The van der Waals surface area contributed by atoms with Crippen LogP contribution in [0.2, 0.25) is 0 Å². The second kappa shape index (κ2) is 5.45. The molecule has 0 bridgehead atoms. The van der Waals surface area contributed by atoms with Gasteiger partial charge in [-0.25, -0.2) is 0 Å². The maximum Gasteiger partial charge on any atom is 0.0623 e. The number of hydrogen-bond donors (Lipinski definition) is 1. The van der Waals surface area contributed by atoms with Crippen molar-refractivity contribution in [2.24, 2.45) is 5.92 Å². The third kappa shape index (κ3) is 2.44. The number of hydrogen-bond acceptors (Lipinski definition) is 4. The van der Waals surface area contributed by atoms with Crippen molar-refractivity contribution >= 4 is 0 Å². The molecule has 4 heteroatoms. The average molecular weight is 253 g/mol. The number of rotatable bonds is 3. The molecule has 104 valence electrons. The fourth-order valence-electron chi connectivity index (χ4n) is 3.90. The predicted octanol–water partition coefficient (Wildman–Crippen LogP) is 0.389. The Hall–Kier alpha value is -0.160. The molecule has 0 aromatic heterocycles. The molecule has 0 aromatic carbocycles. The molecule has 0 aromatic rings. The lowest BCUT2D eigenvalue weighted by Gasteiger charge is -2.43. The molecule has 0 amide bonds. The van der Waals surface area contributed by atoms with Crippen molar-refractivity contribution in [1.82, 2.24) is 15.1 Å². The Balaban J connectivity index is 1.58. The van der Waals surface area contributed by atoms with Crippen LogP contribution in [0, 0.1) is 5.92 Å². The molecule has 3 aliphatic rings. The lowest BCUT2D eigenvalue weighted by atomic mass is 10.00. The van der Waals surface area contributed by atoms with Gasteiger partial charge in [-0.15, -0.1) is 0 Å². The van der Waals surface area contributed by atoms with E-state index in [-0.39, 0.29) is 0 Å². The van der Waals surface area contributed by atoms with E-state index in [9.17, 15) is 0 Å². The zero-order valence-electron chi connectivity index (χ0n) is 11.8. The van der Waals surface area contributed by atoms with E-state index >= 15 is 0 Å². The highest BCUT2D eigenvalue weighted by atomic mass is 16.5. The molecule has 0 radical (unpaired) electrons. The van der Waals surface area contributed by atoms with Crippen molar-refractivity contribution in [1.29, 1.82) is 0 Å². The molecule has 1 N–H and O–H groups in total. The van der Waals surface area contributed by atoms with Gasteiger partial charge in [-0.3, -0.25) is 9.80 Å². The molecule has 0 spiro atoms. The van der Waals surface area contributed by atoms with Gasteiger partial charge in [-0.05, 0) is 33.4 Å². The lowest BCUT2D eigenvalue weighted by molar-refractivity contribution is 0.0445. The maximum absolute atomic E-state index is 5.62. The summed E-state index contributed by atoms with van der Waals surface area (Å²) < 4.78 is 5.62. The third-order valence-corrected chi connectivity index (χ3v) is 5.10. The largest absolute Gasteiger partial charge is 0.379 e. The first kappa shape index (κ1) is 12.9. The molecule has 3 fully saturated rings. The number of likely N-dealkylation sites (N-methyl/N-ethyl adjacent to an activating group) is 1. The first-order chi connectivity index (χ1) is 8.78. The highest BCUT2D eigenvalue weighted by Gasteiger charge is 2.37. The van der Waals surface area contributed by atoms with Crippen LogP contribution < -0.4 is 5.32 Å². The van der Waals surface area contributed by atoms with Gasteiger partial charge in [0.25, 0.3) is 0 Å². The summed E-state index contributed by atoms with van der Waals surface area (Å²) >= 11 is 0. The van der Waals surface area contributed by atoms with Gasteiger partial charge in [0.15, 0.2) is 0 Å². The minimum absolute atomic E-state index is 0.554. The van der Waals surface area contributed by atoms with Gasteiger partial charge in [0.05, 0.1) is 13.2 Å². The van der Waals surface area contributed by atoms with Crippen LogP contribution in [0.25, 0.3) is 0 Å². The van der Waals surface area contributed by atoms with Crippen LogP contribution in [0.1, 0.15) is 19.8 Å². The Kier molecular flexibility index (Phi) is 3.89. The summed E-state index contributed by atoms with van der Waals surface area (Å²) in [5.41, 5.74) is 0. The molecule has 4 nitrogen and oxygen atoms in total. The van der Waals surface area contributed by atoms with Crippen LogP contribution in [0.4, 0.5) is 0 Å². The molecular formula is C14H27N3O. The van der Waals surface area contributed by atoms with Gasteiger partial charge in [-0.1, -0.05) is 0 Å². The van der Waals surface area contributed by atoms with E-state index in [0.29, 0.717) is 18.0 Å². The van der Waals surface area contributed by atoms with Crippen LogP contribution in [0.3, 0.4) is 0 Å². The molecule has 0 aliphatic carbocycles. The summed E-state index contributed by atoms with van der Waals surface area (Å²) in [7, 11) is 2.06. The summed E-state index contributed by atoms with van der Waals surface area (Å²) in [5.74, 6) is 0.672. The molecule has 3 aliphatic heterocycles. The van der Waals surface area contributed by atoms with E-state index in [2.05, 4.69) is 29.1 Å². The van der Waals surface area contributed by atoms with E-state index in [0.717, 1.165) is 19.3 Å². The highest BCUT2D eigenvalue weighted by Crippen LogP contribution is 2.26. The third-order valence-electron chi connectivity index (χ3n) is 5.10. The van der Waals surface area contributed by atoms with Gasteiger partial charge in [0, 0.05) is 43.7 Å². The van der Waals surface area contributed by atoms with Crippen molar-refractivity contribution in [2.45, 2.75) is 37.9 Å². The average Bonchev–Trinajstić information content (AvgIpc) is 2.98. The number of fused-ring (bicyclic) bond motifs is 1. The fourth-order valence-corrected chi connectivity index (χ4v) is 3.90. The fraction of sp³-hybridized carbons (Fsp3) is 1.00. The van der Waals surface area contributed by atoms with Crippen LogP contribution in [-0.2, 0) is 4.74 Å². The molecular weight excluding hydrogens is 226 g/mol. The first-order valence-corrected chi connectivity index (χ1v) is 7.51. The summed E-state index contributed by atoms with van der Waals surface area (Å²) in [4.78, 5) is 5.40. The smallest absolute Gasteiger partial charge is 0.0623 e. The Bertz CT molecular complexity index is 286. The van der Waals surface area contributed by atoms with Gasteiger partial charge in [0.2, 0.25) is 0 Å². The molecule has 0 saturated carbocycles. The minimum Gasteiger partial charge on any atom is -0.379 e. The predicted molar refractivity (Wildman–Crippen MR) is 72.8 cm³/mol. The summed E-state index contributed by atoms with van der Waals surface area (Å²) in [6, 6.07) is 2.09. The second-order valence-electron chi connectivity index (χ2n) is 6.29. The van der Waals surface area contributed by atoms with Crippen molar-refractivity contribution in [2.75, 3.05) is 46.4 Å². The molecule has 4 atom stereocenters. The summed E-state index contributed by atoms with van der Waals surface area (Å²) in [6.45, 7) is 9.28. The zero-order chi connectivity index (χ0) is 12.5. The number of nitrogens with one attached hydrogen (secondary N) is 1. The van der Waals surface area contributed by atoms with Crippen LogP contribution >= 0.6 is 0 Å². The van der Waals surface area contributed by atoms with Gasteiger partial charge < -0.3 is 10.1 Å². The summed E-state index contributed by atoms with van der Waals surface area (Å²) in [5, 5.41) is 3.40. The van der Waals surface area contributed by atoms with Gasteiger partial charge in [-0.2, -0.15) is 0 Å². The molecule has 18 heavy (non-hydrogen) atoms. The Morgan fingerprint density at radius 3 is 3.00 bits per heavy atom. The summed E-state index contributed by atoms with van der Waals surface area (Å²) in [6.07, 6.45) is 2.80. The van der Waals surface area contributed by atoms with E-state index in [4.69, 9.17) is 4.74 Å². The number of ether oxygens (including phenoxy) is 1. The van der Waals surface area contributed by atoms with Crippen molar-refractivity contribution in [3.8, 4) is 0 Å². The zero-order valence-corrected chi connectivity index (χ0v) is 11.8. The van der Waals surface area contributed by atoms with E-state index in [1.807, 2.05) is 0 Å². The Morgan fingerprint density at radius 2 is 2.17 bits per heavy atom. The monoisotopic (exact) mass is 253 g/mol. The van der Waals surface area contributed by atoms with E-state index in [1.165, 1.54) is 39.0 Å². The van der Waals surface area contributed by atoms with Crippen molar-refractivity contribution < 1.29 is 4.74 Å². The first-order valence-electron chi connectivity index (χ1n) is 7.51. The SMILES string of the molecule is CNC1COCC1CN1CC2CCCN2CC1C. The van der Waals surface area contributed by atoms with E-state index in [1.54, 1.807) is 0 Å². The van der Waals surface area contributed by atoms with Gasteiger partial charge in [0.1, 0.15) is 0 Å². The minimum atomic E-state index is 0.554.